The molecule has 1 saturated heterocycles. The molecule has 0 radical (unpaired) electrons. The Bertz CT molecular complexity index is 473. The van der Waals surface area contributed by atoms with Crippen LogP contribution >= 0.6 is 0 Å². The normalized spacial score (nSPS) is 16.7. The molecule has 0 saturated carbocycles. The first-order chi connectivity index (χ1) is 10.0. The van der Waals surface area contributed by atoms with Gasteiger partial charge in [-0.1, -0.05) is 13.8 Å². The molecule has 1 aliphatic rings. The van der Waals surface area contributed by atoms with Crippen LogP contribution in [0.25, 0.3) is 0 Å². The molecule has 0 spiro atoms. The van der Waals surface area contributed by atoms with E-state index < -0.39 is 0 Å². The van der Waals surface area contributed by atoms with E-state index in [1.54, 1.807) is 0 Å². The highest BCUT2D eigenvalue weighted by Crippen LogP contribution is 2.22. The van der Waals surface area contributed by atoms with Crippen LogP contribution < -0.4 is 5.32 Å². The van der Waals surface area contributed by atoms with Crippen molar-refractivity contribution in [1.82, 2.24) is 20.0 Å². The minimum atomic E-state index is 0.0876. The standard InChI is InChI=1S/C16H28N4O/c1-12(2)15-11-14(18-19(15)4)16(21)20-9-6-13(7-10-20)5-8-17-3/h11-13,17H,5-10H2,1-4H3. The van der Waals surface area contributed by atoms with Gasteiger partial charge in [0.2, 0.25) is 0 Å². The lowest BCUT2D eigenvalue weighted by atomic mass is 9.93. The maximum Gasteiger partial charge on any atom is 0.274 e. The topological polar surface area (TPSA) is 50.2 Å². The molecule has 5 heteroatoms. The molecule has 118 valence electrons. The van der Waals surface area contributed by atoms with Crippen molar-refractivity contribution >= 4 is 5.91 Å². The largest absolute Gasteiger partial charge is 0.337 e. The summed E-state index contributed by atoms with van der Waals surface area (Å²) < 4.78 is 1.83. The smallest absolute Gasteiger partial charge is 0.274 e. The van der Waals surface area contributed by atoms with E-state index in [4.69, 9.17) is 0 Å². The van der Waals surface area contributed by atoms with Gasteiger partial charge in [-0.25, -0.2) is 0 Å². The molecule has 1 N–H and O–H groups in total. The molecule has 0 atom stereocenters. The second kappa shape index (κ2) is 7.07. The van der Waals surface area contributed by atoms with Gasteiger partial charge in [0.15, 0.2) is 5.69 Å². The molecule has 1 fully saturated rings. The van der Waals surface area contributed by atoms with E-state index in [1.807, 2.05) is 29.7 Å². The van der Waals surface area contributed by atoms with Crippen molar-refractivity contribution in [3.05, 3.63) is 17.5 Å². The lowest BCUT2D eigenvalue weighted by Gasteiger charge is -2.31. The van der Waals surface area contributed by atoms with Gasteiger partial charge in [0.1, 0.15) is 0 Å². The second-order valence-corrected chi connectivity index (χ2v) is 6.36. The summed E-state index contributed by atoms with van der Waals surface area (Å²) in [4.78, 5) is 14.5. The number of nitrogens with one attached hydrogen (secondary N) is 1. The monoisotopic (exact) mass is 292 g/mol. The third kappa shape index (κ3) is 3.84. The molecule has 1 amide bonds. The Hall–Kier alpha value is -1.36. The van der Waals surface area contributed by atoms with E-state index in [1.165, 1.54) is 6.42 Å². The van der Waals surface area contributed by atoms with Gasteiger partial charge in [0.05, 0.1) is 0 Å². The minimum Gasteiger partial charge on any atom is -0.337 e. The van der Waals surface area contributed by atoms with E-state index >= 15 is 0 Å². The van der Waals surface area contributed by atoms with E-state index in [2.05, 4.69) is 24.3 Å². The van der Waals surface area contributed by atoms with Crippen LogP contribution in [0.1, 0.15) is 55.2 Å². The maximum absolute atomic E-state index is 12.5. The van der Waals surface area contributed by atoms with Crippen LogP contribution in [-0.2, 0) is 7.05 Å². The Morgan fingerprint density at radius 3 is 2.62 bits per heavy atom. The van der Waals surface area contributed by atoms with Crippen LogP contribution in [0.15, 0.2) is 6.07 Å². The zero-order valence-electron chi connectivity index (χ0n) is 13.7. The Morgan fingerprint density at radius 1 is 1.43 bits per heavy atom. The fraction of sp³-hybridized carbons (Fsp3) is 0.750. The van der Waals surface area contributed by atoms with E-state index in [-0.39, 0.29) is 5.91 Å². The average molecular weight is 292 g/mol. The third-order valence-electron chi connectivity index (χ3n) is 4.43. The number of piperidine rings is 1. The van der Waals surface area contributed by atoms with Gasteiger partial charge in [0, 0.05) is 25.8 Å². The Kier molecular flexibility index (Phi) is 5.39. The van der Waals surface area contributed by atoms with Crippen molar-refractivity contribution < 1.29 is 4.79 Å². The van der Waals surface area contributed by atoms with Gasteiger partial charge >= 0.3 is 0 Å². The van der Waals surface area contributed by atoms with Gasteiger partial charge in [-0.2, -0.15) is 5.10 Å². The summed E-state index contributed by atoms with van der Waals surface area (Å²) in [5.74, 6) is 1.22. The predicted molar refractivity (Wildman–Crippen MR) is 84.5 cm³/mol. The van der Waals surface area contributed by atoms with Crippen molar-refractivity contribution in [1.29, 1.82) is 0 Å². The van der Waals surface area contributed by atoms with Crippen molar-refractivity contribution in [3.8, 4) is 0 Å². The third-order valence-corrected chi connectivity index (χ3v) is 4.43. The first kappa shape index (κ1) is 16.0. The summed E-state index contributed by atoms with van der Waals surface area (Å²) in [6, 6.07) is 1.94. The number of rotatable bonds is 5. The molecule has 21 heavy (non-hydrogen) atoms. The fourth-order valence-corrected chi connectivity index (χ4v) is 3.06. The van der Waals surface area contributed by atoms with Crippen molar-refractivity contribution in [2.75, 3.05) is 26.7 Å². The molecular weight excluding hydrogens is 264 g/mol. The lowest BCUT2D eigenvalue weighted by molar-refractivity contribution is 0.0680. The number of likely N-dealkylation sites (tertiary alicyclic amines) is 1. The maximum atomic E-state index is 12.5. The summed E-state index contributed by atoms with van der Waals surface area (Å²) in [5, 5.41) is 7.59. The number of hydrogen-bond acceptors (Lipinski definition) is 3. The van der Waals surface area contributed by atoms with Gasteiger partial charge in [-0.15, -0.1) is 0 Å². The number of nitrogens with zero attached hydrogens (tertiary/aromatic N) is 3. The van der Waals surface area contributed by atoms with Crippen LogP contribution in [0, 0.1) is 5.92 Å². The Morgan fingerprint density at radius 2 is 2.10 bits per heavy atom. The summed E-state index contributed by atoms with van der Waals surface area (Å²) in [6.45, 7) is 7.04. The van der Waals surface area contributed by atoms with Gasteiger partial charge in [-0.05, 0) is 50.8 Å². The molecule has 1 aliphatic heterocycles. The fourth-order valence-electron chi connectivity index (χ4n) is 3.06. The first-order valence-electron chi connectivity index (χ1n) is 8.00. The molecule has 1 aromatic heterocycles. The van der Waals surface area contributed by atoms with E-state index in [0.717, 1.165) is 44.1 Å². The van der Waals surface area contributed by atoms with Crippen LogP contribution in [0.3, 0.4) is 0 Å². The summed E-state index contributed by atoms with van der Waals surface area (Å²) in [6.07, 6.45) is 3.42. The van der Waals surface area contributed by atoms with Gasteiger partial charge in [-0.3, -0.25) is 9.48 Å². The van der Waals surface area contributed by atoms with Gasteiger partial charge in [0.25, 0.3) is 5.91 Å². The minimum absolute atomic E-state index is 0.0876. The molecule has 1 aromatic rings. The average Bonchev–Trinajstić information content (AvgIpc) is 2.87. The zero-order valence-corrected chi connectivity index (χ0v) is 13.7. The molecule has 0 aromatic carbocycles. The van der Waals surface area contributed by atoms with E-state index in [9.17, 15) is 4.79 Å². The van der Waals surface area contributed by atoms with Crippen LogP contribution in [0.5, 0.6) is 0 Å². The van der Waals surface area contributed by atoms with Crippen LogP contribution in [0.4, 0.5) is 0 Å². The molecule has 0 unspecified atom stereocenters. The molecule has 2 heterocycles. The van der Waals surface area contributed by atoms with Crippen molar-refractivity contribution in [2.24, 2.45) is 13.0 Å². The number of carbonyl (C=O) groups excluding carboxylic acids is 1. The molecule has 2 rings (SSSR count). The number of amides is 1. The summed E-state index contributed by atoms with van der Waals surface area (Å²) in [5.41, 5.74) is 1.71. The molecule has 5 nitrogen and oxygen atoms in total. The second-order valence-electron chi connectivity index (χ2n) is 6.36. The highest BCUT2D eigenvalue weighted by molar-refractivity contribution is 5.92. The van der Waals surface area contributed by atoms with Crippen molar-refractivity contribution in [2.45, 2.75) is 39.0 Å². The Balaban J connectivity index is 1.94. The number of hydrogen-bond donors (Lipinski definition) is 1. The number of carbonyl (C=O) groups is 1. The van der Waals surface area contributed by atoms with Crippen LogP contribution in [-0.4, -0.2) is 47.3 Å². The molecule has 0 aliphatic carbocycles. The number of aromatic nitrogens is 2. The van der Waals surface area contributed by atoms with Crippen LogP contribution in [0.2, 0.25) is 0 Å². The zero-order chi connectivity index (χ0) is 15.4. The van der Waals surface area contributed by atoms with Crippen molar-refractivity contribution in [3.63, 3.8) is 0 Å². The molecular formula is C16H28N4O. The van der Waals surface area contributed by atoms with E-state index in [0.29, 0.717) is 11.6 Å². The van der Waals surface area contributed by atoms with Gasteiger partial charge < -0.3 is 10.2 Å². The summed E-state index contributed by atoms with van der Waals surface area (Å²) >= 11 is 0. The summed E-state index contributed by atoms with van der Waals surface area (Å²) in [7, 11) is 3.90. The Labute approximate surface area is 127 Å². The SMILES string of the molecule is CNCCC1CCN(C(=O)c2cc(C(C)C)n(C)n2)CC1. The lowest BCUT2D eigenvalue weighted by Crippen LogP contribution is -2.39. The highest BCUT2D eigenvalue weighted by atomic mass is 16.2. The first-order valence-corrected chi connectivity index (χ1v) is 8.00. The quantitative estimate of drug-likeness (QED) is 0.903. The highest BCUT2D eigenvalue weighted by Gasteiger charge is 2.25. The predicted octanol–water partition coefficient (Wildman–Crippen LogP) is 2.01. The number of aryl methyl sites for hydroxylation is 1. The molecule has 0 bridgehead atoms.